The number of aliphatic hydroxyl groups is 1. The molecule has 0 unspecified atom stereocenters. The van der Waals surface area contributed by atoms with Gasteiger partial charge in [-0.05, 0) is 13.3 Å². The maximum absolute atomic E-state index is 11.5. The van der Waals surface area contributed by atoms with Crippen LogP contribution >= 0.6 is 0 Å². The van der Waals surface area contributed by atoms with Crippen molar-refractivity contribution in [2.45, 2.75) is 26.7 Å². The van der Waals surface area contributed by atoms with Gasteiger partial charge in [0.25, 0.3) is 0 Å². The topological polar surface area (TPSA) is 40.5 Å². The summed E-state index contributed by atoms with van der Waals surface area (Å²) in [7, 11) is 0. The number of unbranched alkanes of at least 4 members (excludes halogenated alkanes) is 1. The highest BCUT2D eigenvalue weighted by Crippen LogP contribution is 2.01. The molecule has 1 amide bonds. The fraction of sp³-hybridized carbons (Fsp3) is 0.700. The molecule has 0 aliphatic rings. The molecule has 0 atom stereocenters. The van der Waals surface area contributed by atoms with Crippen LogP contribution < -0.4 is 0 Å². The Hall–Kier alpha value is -0.830. The first-order chi connectivity index (χ1) is 6.13. The van der Waals surface area contributed by atoms with Gasteiger partial charge in [0.1, 0.15) is 0 Å². The first-order valence-corrected chi connectivity index (χ1v) is 4.69. The summed E-state index contributed by atoms with van der Waals surface area (Å²) in [5.74, 6) is -0.0532. The lowest BCUT2D eigenvalue weighted by molar-refractivity contribution is -0.127. The van der Waals surface area contributed by atoms with E-state index < -0.39 is 0 Å². The fourth-order valence-electron chi connectivity index (χ4n) is 1.05. The van der Waals surface area contributed by atoms with E-state index in [2.05, 4.69) is 13.5 Å². The highest BCUT2D eigenvalue weighted by molar-refractivity contribution is 5.92. The van der Waals surface area contributed by atoms with E-state index >= 15 is 0 Å². The fourth-order valence-corrected chi connectivity index (χ4v) is 1.05. The molecule has 0 saturated heterocycles. The third-order valence-electron chi connectivity index (χ3n) is 1.80. The van der Waals surface area contributed by atoms with E-state index in [1.165, 1.54) is 0 Å². The van der Waals surface area contributed by atoms with Gasteiger partial charge in [-0.3, -0.25) is 4.79 Å². The third-order valence-corrected chi connectivity index (χ3v) is 1.80. The van der Waals surface area contributed by atoms with Crippen LogP contribution in [0.4, 0.5) is 0 Å². The molecule has 0 aliphatic carbocycles. The van der Waals surface area contributed by atoms with Gasteiger partial charge in [-0.1, -0.05) is 19.9 Å². The largest absolute Gasteiger partial charge is 0.395 e. The van der Waals surface area contributed by atoms with Crippen LogP contribution in [0.2, 0.25) is 0 Å². The van der Waals surface area contributed by atoms with Crippen molar-refractivity contribution in [3.63, 3.8) is 0 Å². The highest BCUT2D eigenvalue weighted by atomic mass is 16.3. The standard InChI is InChI=1S/C10H19NO2/c1-4-5-6-11(7-8-12)10(13)9(2)3/h12H,2,4-8H2,1,3H3. The quantitative estimate of drug-likeness (QED) is 0.631. The lowest BCUT2D eigenvalue weighted by Crippen LogP contribution is -2.34. The van der Waals surface area contributed by atoms with Crippen molar-refractivity contribution in [2.24, 2.45) is 0 Å². The predicted molar refractivity (Wildman–Crippen MR) is 53.4 cm³/mol. The number of hydrogen-bond acceptors (Lipinski definition) is 2. The maximum Gasteiger partial charge on any atom is 0.248 e. The number of carbonyl (C=O) groups is 1. The highest BCUT2D eigenvalue weighted by Gasteiger charge is 2.11. The number of aliphatic hydroxyl groups excluding tert-OH is 1. The van der Waals surface area contributed by atoms with Crippen LogP contribution in [0.3, 0.4) is 0 Å². The first kappa shape index (κ1) is 12.2. The number of hydrogen-bond donors (Lipinski definition) is 1. The lowest BCUT2D eigenvalue weighted by Gasteiger charge is -2.21. The second-order valence-electron chi connectivity index (χ2n) is 3.15. The van der Waals surface area contributed by atoms with Crippen molar-refractivity contribution in [3.05, 3.63) is 12.2 Å². The van der Waals surface area contributed by atoms with E-state index in [4.69, 9.17) is 5.11 Å². The van der Waals surface area contributed by atoms with Crippen molar-refractivity contribution in [1.29, 1.82) is 0 Å². The minimum Gasteiger partial charge on any atom is -0.395 e. The van der Waals surface area contributed by atoms with Gasteiger partial charge >= 0.3 is 0 Å². The van der Waals surface area contributed by atoms with Gasteiger partial charge in [-0.25, -0.2) is 0 Å². The van der Waals surface area contributed by atoms with Crippen LogP contribution in [0.15, 0.2) is 12.2 Å². The van der Waals surface area contributed by atoms with Gasteiger partial charge in [0.05, 0.1) is 6.61 Å². The van der Waals surface area contributed by atoms with Gasteiger partial charge in [-0.15, -0.1) is 0 Å². The summed E-state index contributed by atoms with van der Waals surface area (Å²) in [5, 5.41) is 8.74. The zero-order valence-corrected chi connectivity index (χ0v) is 8.55. The molecular weight excluding hydrogens is 166 g/mol. The molecule has 3 heteroatoms. The monoisotopic (exact) mass is 185 g/mol. The molecule has 0 rings (SSSR count). The van der Waals surface area contributed by atoms with Crippen molar-refractivity contribution < 1.29 is 9.90 Å². The summed E-state index contributed by atoms with van der Waals surface area (Å²) < 4.78 is 0. The molecule has 1 N–H and O–H groups in total. The molecule has 0 radical (unpaired) electrons. The third kappa shape index (κ3) is 4.68. The maximum atomic E-state index is 11.5. The van der Waals surface area contributed by atoms with Gasteiger partial charge < -0.3 is 10.0 Å². The Kier molecular flexibility index (Phi) is 6.24. The van der Waals surface area contributed by atoms with E-state index in [0.29, 0.717) is 18.7 Å². The number of rotatable bonds is 6. The Morgan fingerprint density at radius 2 is 2.08 bits per heavy atom. The van der Waals surface area contributed by atoms with Gasteiger partial charge in [-0.2, -0.15) is 0 Å². The molecule has 0 saturated carbocycles. The lowest BCUT2D eigenvalue weighted by atomic mass is 10.2. The number of carbonyl (C=O) groups excluding carboxylic acids is 1. The Morgan fingerprint density at radius 1 is 1.46 bits per heavy atom. The van der Waals surface area contributed by atoms with Crippen LogP contribution in [0.5, 0.6) is 0 Å². The molecular formula is C10H19NO2. The zero-order valence-electron chi connectivity index (χ0n) is 8.55. The smallest absolute Gasteiger partial charge is 0.248 e. The second-order valence-corrected chi connectivity index (χ2v) is 3.15. The Labute approximate surface area is 80.0 Å². The molecule has 0 aromatic carbocycles. The zero-order chi connectivity index (χ0) is 10.3. The minimum atomic E-state index is -0.0532. The summed E-state index contributed by atoms with van der Waals surface area (Å²) in [6.45, 7) is 8.49. The Balaban J connectivity index is 4.06. The Bertz CT molecular complexity index is 178. The van der Waals surface area contributed by atoms with Crippen LogP contribution in [0.1, 0.15) is 26.7 Å². The van der Waals surface area contributed by atoms with Gasteiger partial charge in [0, 0.05) is 18.7 Å². The minimum absolute atomic E-state index is 0.0166. The van der Waals surface area contributed by atoms with E-state index in [0.717, 1.165) is 12.8 Å². The molecule has 0 fully saturated rings. The van der Waals surface area contributed by atoms with Crippen molar-refractivity contribution in [2.75, 3.05) is 19.7 Å². The average Bonchev–Trinajstić information content (AvgIpc) is 2.11. The van der Waals surface area contributed by atoms with Crippen molar-refractivity contribution >= 4 is 5.91 Å². The second kappa shape index (κ2) is 6.66. The van der Waals surface area contributed by atoms with E-state index in [-0.39, 0.29) is 12.5 Å². The SMILES string of the molecule is C=C(C)C(=O)N(CCO)CCCC. The van der Waals surface area contributed by atoms with E-state index in [1.807, 2.05) is 0 Å². The first-order valence-electron chi connectivity index (χ1n) is 4.69. The summed E-state index contributed by atoms with van der Waals surface area (Å²) >= 11 is 0. The van der Waals surface area contributed by atoms with Gasteiger partial charge in [0.2, 0.25) is 5.91 Å². The van der Waals surface area contributed by atoms with E-state index in [9.17, 15) is 4.79 Å². The Morgan fingerprint density at radius 3 is 2.46 bits per heavy atom. The van der Waals surface area contributed by atoms with Crippen molar-refractivity contribution in [1.82, 2.24) is 4.90 Å². The predicted octanol–water partition coefficient (Wildman–Crippen LogP) is 1.18. The van der Waals surface area contributed by atoms with Crippen LogP contribution in [0.25, 0.3) is 0 Å². The molecule has 0 aromatic heterocycles. The molecule has 0 spiro atoms. The normalized spacial score (nSPS) is 9.77. The van der Waals surface area contributed by atoms with Gasteiger partial charge in [0.15, 0.2) is 0 Å². The summed E-state index contributed by atoms with van der Waals surface area (Å²) in [4.78, 5) is 13.1. The number of amides is 1. The summed E-state index contributed by atoms with van der Waals surface area (Å²) in [6.07, 6.45) is 2.02. The molecule has 0 aromatic rings. The van der Waals surface area contributed by atoms with Crippen molar-refractivity contribution in [3.8, 4) is 0 Å². The summed E-state index contributed by atoms with van der Waals surface area (Å²) in [5.41, 5.74) is 0.532. The van der Waals surface area contributed by atoms with E-state index in [1.54, 1.807) is 11.8 Å². The van der Waals surface area contributed by atoms with Crippen LogP contribution in [0, 0.1) is 0 Å². The summed E-state index contributed by atoms with van der Waals surface area (Å²) in [6, 6.07) is 0. The van der Waals surface area contributed by atoms with Crippen LogP contribution in [-0.2, 0) is 4.79 Å². The average molecular weight is 185 g/mol. The number of nitrogens with zero attached hydrogens (tertiary/aromatic N) is 1. The molecule has 76 valence electrons. The van der Waals surface area contributed by atoms with Crippen LogP contribution in [-0.4, -0.2) is 35.6 Å². The molecule has 0 aliphatic heterocycles. The molecule has 3 nitrogen and oxygen atoms in total. The molecule has 13 heavy (non-hydrogen) atoms. The molecule has 0 bridgehead atoms. The molecule has 0 heterocycles.